The minimum Gasteiger partial charge on any atom is -0.496 e. The van der Waals surface area contributed by atoms with E-state index in [1.165, 1.54) is 5.56 Å². The second-order valence-corrected chi connectivity index (χ2v) is 2.91. The molecular formula is C10H11BrO. The van der Waals surface area contributed by atoms with E-state index in [1.807, 2.05) is 29.3 Å². The first kappa shape index (κ1) is 9.33. The summed E-state index contributed by atoms with van der Waals surface area (Å²) in [6, 6.07) is 8.02. The Hall–Kier alpha value is -0.760. The van der Waals surface area contributed by atoms with Crippen LogP contribution < -0.4 is 4.74 Å². The first-order valence-electron chi connectivity index (χ1n) is 3.75. The minimum absolute atomic E-state index is 0.898. The van der Waals surface area contributed by atoms with Crippen molar-refractivity contribution < 1.29 is 4.74 Å². The van der Waals surface area contributed by atoms with E-state index < -0.39 is 0 Å². The molecule has 0 saturated carbocycles. The van der Waals surface area contributed by atoms with Crippen LogP contribution in [0.3, 0.4) is 0 Å². The SMILES string of the molecule is COc1ccccc1C/C=C/Br. The number of rotatable bonds is 3. The van der Waals surface area contributed by atoms with Gasteiger partial charge in [-0.1, -0.05) is 40.2 Å². The van der Waals surface area contributed by atoms with E-state index in [0.29, 0.717) is 0 Å². The summed E-state index contributed by atoms with van der Waals surface area (Å²) in [6.07, 6.45) is 2.94. The quantitative estimate of drug-likeness (QED) is 0.770. The van der Waals surface area contributed by atoms with E-state index in [2.05, 4.69) is 22.0 Å². The molecule has 2 heteroatoms. The molecule has 0 saturated heterocycles. The van der Waals surface area contributed by atoms with Gasteiger partial charge in [0.2, 0.25) is 0 Å². The predicted octanol–water partition coefficient (Wildman–Crippen LogP) is 3.15. The van der Waals surface area contributed by atoms with Gasteiger partial charge in [-0.3, -0.25) is 0 Å². The molecule has 0 heterocycles. The van der Waals surface area contributed by atoms with Crippen molar-refractivity contribution in [3.63, 3.8) is 0 Å². The van der Waals surface area contributed by atoms with Crippen molar-refractivity contribution >= 4 is 15.9 Å². The van der Waals surface area contributed by atoms with Crippen LogP contribution in [0.1, 0.15) is 5.56 Å². The van der Waals surface area contributed by atoms with Crippen molar-refractivity contribution in [3.05, 3.63) is 40.9 Å². The summed E-state index contributed by atoms with van der Waals surface area (Å²) in [5.74, 6) is 0.947. The maximum absolute atomic E-state index is 5.19. The zero-order chi connectivity index (χ0) is 8.81. The van der Waals surface area contributed by atoms with Gasteiger partial charge in [0, 0.05) is 0 Å². The van der Waals surface area contributed by atoms with Crippen LogP contribution in [0.4, 0.5) is 0 Å². The zero-order valence-electron chi connectivity index (χ0n) is 6.96. The third-order valence-corrected chi connectivity index (χ3v) is 1.99. The van der Waals surface area contributed by atoms with Gasteiger partial charge < -0.3 is 4.74 Å². The molecule has 0 radical (unpaired) electrons. The number of ether oxygens (including phenoxy) is 1. The Labute approximate surface area is 81.2 Å². The summed E-state index contributed by atoms with van der Waals surface area (Å²) >= 11 is 3.23. The fourth-order valence-electron chi connectivity index (χ4n) is 1.04. The third-order valence-electron chi connectivity index (χ3n) is 1.62. The van der Waals surface area contributed by atoms with Gasteiger partial charge in [-0.25, -0.2) is 0 Å². The molecule has 0 aliphatic carbocycles. The van der Waals surface area contributed by atoms with Crippen LogP contribution in [0.5, 0.6) is 5.75 Å². The summed E-state index contributed by atoms with van der Waals surface area (Å²) in [5.41, 5.74) is 1.20. The topological polar surface area (TPSA) is 9.23 Å². The number of para-hydroxylation sites is 1. The summed E-state index contributed by atoms with van der Waals surface area (Å²) in [4.78, 5) is 1.86. The van der Waals surface area contributed by atoms with E-state index >= 15 is 0 Å². The van der Waals surface area contributed by atoms with Crippen LogP contribution in [0.25, 0.3) is 0 Å². The van der Waals surface area contributed by atoms with Crippen molar-refractivity contribution in [2.24, 2.45) is 0 Å². The average molecular weight is 227 g/mol. The van der Waals surface area contributed by atoms with Crippen molar-refractivity contribution in [3.8, 4) is 5.75 Å². The number of methoxy groups -OCH3 is 1. The molecule has 0 atom stereocenters. The molecule has 1 nitrogen and oxygen atoms in total. The van der Waals surface area contributed by atoms with Crippen molar-refractivity contribution in [1.29, 1.82) is 0 Å². The molecule has 1 aromatic rings. The van der Waals surface area contributed by atoms with E-state index in [-0.39, 0.29) is 0 Å². The van der Waals surface area contributed by atoms with Crippen LogP contribution >= 0.6 is 15.9 Å². The maximum Gasteiger partial charge on any atom is 0.122 e. The van der Waals surface area contributed by atoms with Gasteiger partial charge in [0.15, 0.2) is 0 Å². The Bertz CT molecular complexity index is 268. The Balaban J connectivity index is 2.81. The number of hydrogen-bond donors (Lipinski definition) is 0. The highest BCUT2D eigenvalue weighted by atomic mass is 79.9. The highest BCUT2D eigenvalue weighted by Gasteiger charge is 1.97. The minimum atomic E-state index is 0.898. The Morgan fingerprint density at radius 1 is 1.42 bits per heavy atom. The summed E-state index contributed by atoms with van der Waals surface area (Å²) in [7, 11) is 1.69. The Morgan fingerprint density at radius 3 is 2.83 bits per heavy atom. The molecule has 0 aliphatic heterocycles. The maximum atomic E-state index is 5.19. The van der Waals surface area contributed by atoms with Crippen LogP contribution in [0.2, 0.25) is 0 Å². The van der Waals surface area contributed by atoms with Gasteiger partial charge >= 0.3 is 0 Å². The second-order valence-electron chi connectivity index (χ2n) is 2.38. The fraction of sp³-hybridized carbons (Fsp3) is 0.200. The van der Waals surface area contributed by atoms with Gasteiger partial charge in [-0.2, -0.15) is 0 Å². The van der Waals surface area contributed by atoms with Crippen LogP contribution in [0.15, 0.2) is 35.3 Å². The number of hydrogen-bond acceptors (Lipinski definition) is 1. The molecule has 1 aromatic carbocycles. The van der Waals surface area contributed by atoms with E-state index in [0.717, 1.165) is 12.2 Å². The lowest BCUT2D eigenvalue weighted by Crippen LogP contribution is -1.89. The largest absolute Gasteiger partial charge is 0.496 e. The third kappa shape index (κ3) is 2.38. The zero-order valence-corrected chi connectivity index (χ0v) is 8.54. The average Bonchev–Trinajstić information content (AvgIpc) is 2.15. The van der Waals surface area contributed by atoms with Crippen LogP contribution in [0, 0.1) is 0 Å². The Kier molecular flexibility index (Phi) is 3.88. The molecule has 0 bridgehead atoms. The van der Waals surface area contributed by atoms with Gasteiger partial charge in [-0.15, -0.1) is 0 Å². The lowest BCUT2D eigenvalue weighted by molar-refractivity contribution is 0.410. The highest BCUT2D eigenvalue weighted by Crippen LogP contribution is 2.17. The molecule has 0 aromatic heterocycles. The lowest BCUT2D eigenvalue weighted by atomic mass is 10.1. The lowest BCUT2D eigenvalue weighted by Gasteiger charge is -2.04. The molecular weight excluding hydrogens is 216 g/mol. The fourth-order valence-corrected chi connectivity index (χ4v) is 1.23. The predicted molar refractivity (Wildman–Crippen MR) is 54.8 cm³/mol. The summed E-state index contributed by atoms with van der Waals surface area (Å²) < 4.78 is 5.19. The van der Waals surface area contributed by atoms with E-state index in [1.54, 1.807) is 7.11 Å². The standard InChI is InChI=1S/C10H11BrO/c1-12-10-7-3-2-5-9(10)6-4-8-11/h2-5,7-8H,6H2,1H3/b8-4+. The molecule has 0 amide bonds. The van der Waals surface area contributed by atoms with E-state index in [4.69, 9.17) is 4.74 Å². The van der Waals surface area contributed by atoms with Crippen molar-refractivity contribution in [2.75, 3.05) is 7.11 Å². The molecule has 0 fully saturated rings. The monoisotopic (exact) mass is 226 g/mol. The molecule has 0 N–H and O–H groups in total. The smallest absolute Gasteiger partial charge is 0.122 e. The second kappa shape index (κ2) is 4.99. The summed E-state index contributed by atoms with van der Waals surface area (Å²) in [6.45, 7) is 0. The van der Waals surface area contributed by atoms with Crippen LogP contribution in [-0.4, -0.2) is 7.11 Å². The first-order chi connectivity index (χ1) is 5.88. The van der Waals surface area contributed by atoms with Crippen molar-refractivity contribution in [1.82, 2.24) is 0 Å². The highest BCUT2D eigenvalue weighted by molar-refractivity contribution is 9.11. The van der Waals surface area contributed by atoms with Gasteiger partial charge in [-0.05, 0) is 23.0 Å². The van der Waals surface area contributed by atoms with Gasteiger partial charge in [0.1, 0.15) is 5.75 Å². The number of allylic oxidation sites excluding steroid dienone is 1. The Morgan fingerprint density at radius 2 is 2.17 bits per heavy atom. The number of halogens is 1. The van der Waals surface area contributed by atoms with Crippen LogP contribution in [-0.2, 0) is 6.42 Å². The molecule has 1 rings (SSSR count). The molecule has 0 spiro atoms. The molecule has 12 heavy (non-hydrogen) atoms. The van der Waals surface area contributed by atoms with Crippen molar-refractivity contribution in [2.45, 2.75) is 6.42 Å². The molecule has 0 unspecified atom stereocenters. The number of benzene rings is 1. The first-order valence-corrected chi connectivity index (χ1v) is 4.67. The van der Waals surface area contributed by atoms with Gasteiger partial charge in [0.25, 0.3) is 0 Å². The normalized spacial score (nSPS) is 10.5. The van der Waals surface area contributed by atoms with E-state index in [9.17, 15) is 0 Å². The van der Waals surface area contributed by atoms with Gasteiger partial charge in [0.05, 0.1) is 7.11 Å². The molecule has 64 valence electrons. The molecule has 0 aliphatic rings. The summed E-state index contributed by atoms with van der Waals surface area (Å²) in [5, 5.41) is 0.